The number of aliphatic carboxylic acids is 2. The van der Waals surface area contributed by atoms with Gasteiger partial charge in [-0.15, -0.1) is 0 Å². The number of nitrogens with one attached hydrogen (secondary N) is 1. The van der Waals surface area contributed by atoms with Gasteiger partial charge in [0, 0.05) is 16.9 Å². The van der Waals surface area contributed by atoms with E-state index in [1.54, 1.807) is 12.1 Å². The first-order valence-electron chi connectivity index (χ1n) is 6.06. The van der Waals surface area contributed by atoms with Gasteiger partial charge >= 0.3 is 11.9 Å². The molecule has 0 fully saturated rings. The van der Waals surface area contributed by atoms with Crippen LogP contribution in [0.3, 0.4) is 0 Å². The maximum atomic E-state index is 11.9. The molecule has 0 aliphatic rings. The molecule has 0 unspecified atom stereocenters. The number of carboxylic acids is 2. The molecule has 7 nitrogen and oxygen atoms in total. The van der Waals surface area contributed by atoms with Crippen LogP contribution in [-0.4, -0.2) is 41.1 Å². The lowest BCUT2D eigenvalue weighted by Crippen LogP contribution is -2.36. The van der Waals surface area contributed by atoms with E-state index in [-0.39, 0.29) is 12.1 Å². The number of hydrogen-bond acceptors (Lipinski definition) is 4. The molecule has 0 saturated carbocycles. The third-order valence-electron chi connectivity index (χ3n) is 2.53. The van der Waals surface area contributed by atoms with Gasteiger partial charge in [-0.2, -0.15) is 0 Å². The molecule has 0 atom stereocenters. The van der Waals surface area contributed by atoms with E-state index in [0.29, 0.717) is 11.4 Å². The van der Waals surface area contributed by atoms with Crippen molar-refractivity contribution in [3.8, 4) is 0 Å². The molecule has 112 valence electrons. The van der Waals surface area contributed by atoms with E-state index in [1.165, 1.54) is 19.1 Å². The minimum Gasteiger partial charge on any atom is -0.480 e. The van der Waals surface area contributed by atoms with Gasteiger partial charge < -0.3 is 15.5 Å². The molecule has 0 saturated heterocycles. The predicted molar refractivity (Wildman–Crippen MR) is 77.4 cm³/mol. The van der Waals surface area contributed by atoms with Gasteiger partial charge in [0.25, 0.3) is 5.91 Å². The lowest BCUT2D eigenvalue weighted by Gasteiger charge is -2.21. The van der Waals surface area contributed by atoms with Gasteiger partial charge in [-0.05, 0) is 31.2 Å². The number of rotatable bonds is 7. The third kappa shape index (κ3) is 4.98. The van der Waals surface area contributed by atoms with Crippen molar-refractivity contribution in [2.24, 2.45) is 0 Å². The van der Waals surface area contributed by atoms with Crippen molar-refractivity contribution in [2.75, 3.05) is 23.3 Å². The average Bonchev–Trinajstić information content (AvgIpc) is 2.42. The lowest BCUT2D eigenvalue weighted by molar-refractivity contribution is -0.136. The second kappa shape index (κ2) is 7.09. The summed E-state index contributed by atoms with van der Waals surface area (Å²) in [7, 11) is 0. The second-order valence-electron chi connectivity index (χ2n) is 4.36. The van der Waals surface area contributed by atoms with Crippen LogP contribution in [0.1, 0.15) is 6.92 Å². The summed E-state index contributed by atoms with van der Waals surface area (Å²) >= 11 is 0. The zero-order valence-corrected chi connectivity index (χ0v) is 11.5. The van der Waals surface area contributed by atoms with Crippen LogP contribution in [0.15, 0.2) is 36.4 Å². The summed E-state index contributed by atoms with van der Waals surface area (Å²) < 4.78 is 0. The van der Waals surface area contributed by atoms with Crippen LogP contribution in [-0.2, 0) is 14.4 Å². The monoisotopic (exact) mass is 292 g/mol. The van der Waals surface area contributed by atoms with Gasteiger partial charge in [-0.3, -0.25) is 19.3 Å². The van der Waals surface area contributed by atoms with Crippen molar-refractivity contribution in [1.82, 2.24) is 0 Å². The molecule has 0 aromatic heterocycles. The van der Waals surface area contributed by atoms with E-state index in [1.807, 2.05) is 0 Å². The second-order valence-corrected chi connectivity index (χ2v) is 4.36. The Hall–Kier alpha value is -2.83. The van der Waals surface area contributed by atoms with Crippen LogP contribution in [0.4, 0.5) is 11.4 Å². The van der Waals surface area contributed by atoms with Crippen LogP contribution in [0.5, 0.6) is 0 Å². The molecule has 1 rings (SSSR count). The van der Waals surface area contributed by atoms with E-state index in [9.17, 15) is 14.4 Å². The van der Waals surface area contributed by atoms with Crippen LogP contribution in [0.2, 0.25) is 0 Å². The van der Waals surface area contributed by atoms with Crippen molar-refractivity contribution in [2.45, 2.75) is 6.92 Å². The highest BCUT2D eigenvalue weighted by atomic mass is 16.4. The van der Waals surface area contributed by atoms with Crippen LogP contribution < -0.4 is 10.2 Å². The minimum absolute atomic E-state index is 0.226. The molecule has 0 spiro atoms. The van der Waals surface area contributed by atoms with Gasteiger partial charge in [0.1, 0.15) is 13.1 Å². The fourth-order valence-electron chi connectivity index (χ4n) is 1.58. The molecule has 0 bridgehead atoms. The van der Waals surface area contributed by atoms with Crippen molar-refractivity contribution in [3.63, 3.8) is 0 Å². The van der Waals surface area contributed by atoms with E-state index in [0.717, 1.165) is 4.90 Å². The molecule has 0 aliphatic carbocycles. The normalized spacial score (nSPS) is 9.76. The van der Waals surface area contributed by atoms with Crippen LogP contribution in [0, 0.1) is 0 Å². The summed E-state index contributed by atoms with van der Waals surface area (Å²) in [6.07, 6.45) is 0. The quantitative estimate of drug-likeness (QED) is 0.651. The zero-order valence-electron chi connectivity index (χ0n) is 11.5. The number of hydrogen-bond donors (Lipinski definition) is 3. The lowest BCUT2D eigenvalue weighted by atomic mass is 10.2. The van der Waals surface area contributed by atoms with Crippen LogP contribution in [0.25, 0.3) is 0 Å². The first kappa shape index (κ1) is 16.2. The Morgan fingerprint density at radius 3 is 2.14 bits per heavy atom. The van der Waals surface area contributed by atoms with Gasteiger partial charge in [0.15, 0.2) is 0 Å². The minimum atomic E-state index is -1.14. The molecule has 1 aromatic rings. The fraction of sp³-hybridized carbons (Fsp3) is 0.214. The summed E-state index contributed by atoms with van der Waals surface area (Å²) in [4.78, 5) is 34.3. The summed E-state index contributed by atoms with van der Waals surface area (Å²) in [5.41, 5.74) is 1.18. The highest BCUT2D eigenvalue weighted by molar-refractivity contribution is 6.07. The summed E-state index contributed by atoms with van der Waals surface area (Å²) in [5.74, 6) is -2.62. The van der Waals surface area contributed by atoms with E-state index < -0.39 is 24.4 Å². The van der Waals surface area contributed by atoms with Crippen molar-refractivity contribution >= 4 is 29.2 Å². The number of benzene rings is 1. The third-order valence-corrected chi connectivity index (χ3v) is 2.53. The Bertz CT molecular complexity index is 565. The molecule has 1 amide bonds. The fourth-order valence-corrected chi connectivity index (χ4v) is 1.58. The van der Waals surface area contributed by atoms with E-state index >= 15 is 0 Å². The van der Waals surface area contributed by atoms with Crippen molar-refractivity contribution < 1.29 is 24.6 Å². The number of carbonyl (C=O) groups excluding carboxylic acids is 1. The molecule has 7 heteroatoms. The largest absolute Gasteiger partial charge is 0.480 e. The summed E-state index contributed by atoms with van der Waals surface area (Å²) in [6, 6.07) is 6.21. The number of anilines is 2. The molecule has 0 radical (unpaired) electrons. The first-order chi connectivity index (χ1) is 9.81. The smallest absolute Gasteiger partial charge is 0.323 e. The Labute approximate surface area is 121 Å². The molecule has 0 aliphatic heterocycles. The number of nitrogens with zero attached hydrogens (tertiary/aromatic N) is 1. The predicted octanol–water partition coefficient (Wildman–Crippen LogP) is 1.18. The number of carbonyl (C=O) groups is 3. The van der Waals surface area contributed by atoms with Crippen molar-refractivity contribution in [1.29, 1.82) is 0 Å². The number of amides is 1. The molecule has 3 N–H and O–H groups in total. The first-order valence-corrected chi connectivity index (χ1v) is 6.06. The molecule has 21 heavy (non-hydrogen) atoms. The highest BCUT2D eigenvalue weighted by Crippen LogP contribution is 2.19. The summed E-state index contributed by atoms with van der Waals surface area (Å²) in [6.45, 7) is 4.30. The Balaban J connectivity index is 2.93. The molecular formula is C14H16N2O5. The van der Waals surface area contributed by atoms with Gasteiger partial charge in [0.05, 0.1) is 0 Å². The molecule has 1 aromatic carbocycles. The molecular weight excluding hydrogens is 276 g/mol. The van der Waals surface area contributed by atoms with Gasteiger partial charge in [0.2, 0.25) is 0 Å². The maximum Gasteiger partial charge on any atom is 0.323 e. The highest BCUT2D eigenvalue weighted by Gasteiger charge is 2.19. The zero-order chi connectivity index (χ0) is 16.0. The standard InChI is InChI=1S/C14H16N2O5/c1-9(2)14(21)16(8-13(19)20)11-5-3-10(4-6-11)15-7-12(17)18/h3-6,15H,1,7-8H2,2H3,(H,17,18)(H,19,20). The van der Waals surface area contributed by atoms with Crippen molar-refractivity contribution in [3.05, 3.63) is 36.4 Å². The van der Waals surface area contributed by atoms with E-state index in [2.05, 4.69) is 11.9 Å². The summed E-state index contributed by atoms with van der Waals surface area (Å²) in [5, 5.41) is 20.1. The van der Waals surface area contributed by atoms with Gasteiger partial charge in [-0.1, -0.05) is 6.58 Å². The SMILES string of the molecule is C=C(C)C(=O)N(CC(=O)O)c1ccc(NCC(=O)O)cc1. The Morgan fingerprint density at radius 1 is 1.14 bits per heavy atom. The Morgan fingerprint density at radius 2 is 1.71 bits per heavy atom. The maximum absolute atomic E-state index is 11.9. The average molecular weight is 292 g/mol. The molecule has 0 heterocycles. The van der Waals surface area contributed by atoms with E-state index in [4.69, 9.17) is 10.2 Å². The number of carboxylic acid groups (broad SMARTS) is 2. The van der Waals surface area contributed by atoms with Gasteiger partial charge in [-0.25, -0.2) is 0 Å². The van der Waals surface area contributed by atoms with Crippen LogP contribution >= 0.6 is 0 Å². The Kier molecular flexibility index (Phi) is 5.48. The topological polar surface area (TPSA) is 107 Å².